The van der Waals surface area contributed by atoms with Gasteiger partial charge in [0.05, 0.1) is 0 Å². The Bertz CT molecular complexity index is 514. The van der Waals surface area contributed by atoms with Crippen LogP contribution in [0, 0.1) is 23.7 Å². The van der Waals surface area contributed by atoms with Crippen molar-refractivity contribution in [3.05, 3.63) is 0 Å². The van der Waals surface area contributed by atoms with Crippen LogP contribution in [0.1, 0.15) is 161 Å². The molecule has 0 unspecified atom stereocenters. The molecule has 0 saturated carbocycles. The predicted molar refractivity (Wildman–Crippen MR) is 140 cm³/mol. The second-order valence-corrected chi connectivity index (χ2v) is 9.32. The zero-order valence-corrected chi connectivity index (χ0v) is 21.3. The van der Waals surface area contributed by atoms with Crippen molar-refractivity contribution < 1.29 is 9.90 Å². The maximum Gasteiger partial charge on any atom is 0.303 e. The first-order valence-electron chi connectivity index (χ1n) is 13.9. The number of hydrogen-bond donors (Lipinski definition) is 1. The van der Waals surface area contributed by atoms with E-state index in [4.69, 9.17) is 5.11 Å². The van der Waals surface area contributed by atoms with Crippen molar-refractivity contribution >= 4 is 5.97 Å². The largest absolute Gasteiger partial charge is 0.481 e. The topological polar surface area (TPSA) is 37.3 Å². The minimum absolute atomic E-state index is 0.320. The van der Waals surface area contributed by atoms with Crippen LogP contribution in [-0.2, 0) is 4.79 Å². The summed E-state index contributed by atoms with van der Waals surface area (Å²) in [4.78, 5) is 10.4. The van der Waals surface area contributed by atoms with E-state index in [-0.39, 0.29) is 0 Å². The lowest BCUT2D eigenvalue weighted by atomic mass is 10.0. The molecule has 2 nitrogen and oxygen atoms in total. The molecule has 0 aromatic rings. The van der Waals surface area contributed by atoms with Crippen molar-refractivity contribution in [2.75, 3.05) is 0 Å². The molecule has 32 heavy (non-hydrogen) atoms. The maximum atomic E-state index is 10.4. The molecule has 0 saturated heterocycles. The molecule has 0 amide bonds. The van der Waals surface area contributed by atoms with Crippen molar-refractivity contribution in [3.63, 3.8) is 0 Å². The molecule has 0 fully saturated rings. The van der Waals surface area contributed by atoms with Gasteiger partial charge in [0.1, 0.15) is 0 Å². The molecule has 0 aromatic heterocycles. The molecule has 2 heteroatoms. The Morgan fingerprint density at radius 2 is 0.812 bits per heavy atom. The molecule has 0 aromatic carbocycles. The summed E-state index contributed by atoms with van der Waals surface area (Å²) in [6.07, 6.45) is 29.6. The second-order valence-electron chi connectivity index (χ2n) is 9.32. The number of unbranched alkanes of at least 4 members (excludes halogenated alkanes) is 21. The van der Waals surface area contributed by atoms with Crippen LogP contribution < -0.4 is 0 Å². The van der Waals surface area contributed by atoms with E-state index in [0.29, 0.717) is 6.42 Å². The Kier molecular flexibility index (Phi) is 26.4. The summed E-state index contributed by atoms with van der Waals surface area (Å²) in [5.41, 5.74) is 0. The number of hydrogen-bond acceptors (Lipinski definition) is 1. The Morgan fingerprint density at radius 3 is 1.16 bits per heavy atom. The number of rotatable bonds is 23. The number of aliphatic carboxylic acids is 1. The number of carboxylic acid groups (broad SMARTS) is 1. The van der Waals surface area contributed by atoms with Gasteiger partial charge in [-0.25, -0.2) is 0 Å². The molecule has 0 bridgehead atoms. The van der Waals surface area contributed by atoms with Gasteiger partial charge in [-0.1, -0.05) is 134 Å². The monoisotopic (exact) mass is 444 g/mol. The van der Waals surface area contributed by atoms with Crippen LogP contribution >= 0.6 is 0 Å². The van der Waals surface area contributed by atoms with E-state index in [1.54, 1.807) is 0 Å². The van der Waals surface area contributed by atoms with Crippen molar-refractivity contribution in [3.8, 4) is 23.7 Å². The zero-order chi connectivity index (χ0) is 23.4. The average molecular weight is 445 g/mol. The number of carbonyl (C=O) groups is 1. The van der Waals surface area contributed by atoms with Gasteiger partial charge in [-0.05, 0) is 31.1 Å². The third kappa shape index (κ3) is 28.6. The quantitative estimate of drug-likeness (QED) is 0.126. The van der Waals surface area contributed by atoms with E-state index in [1.165, 1.54) is 122 Å². The summed E-state index contributed by atoms with van der Waals surface area (Å²) < 4.78 is 0. The highest BCUT2D eigenvalue weighted by Gasteiger charge is 1.96. The van der Waals surface area contributed by atoms with Gasteiger partial charge >= 0.3 is 5.97 Å². The summed E-state index contributed by atoms with van der Waals surface area (Å²) in [5, 5.41) is 8.59. The van der Waals surface area contributed by atoms with Gasteiger partial charge in [-0.15, -0.1) is 0 Å². The highest BCUT2D eigenvalue weighted by atomic mass is 16.4. The lowest BCUT2D eigenvalue weighted by Gasteiger charge is -2.02. The predicted octanol–water partition coefficient (Wildman–Crippen LogP) is 9.46. The molecule has 0 aliphatic heterocycles. The molecular weight excluding hydrogens is 392 g/mol. The third-order valence-electron chi connectivity index (χ3n) is 6.09. The molecule has 0 aliphatic carbocycles. The summed E-state index contributed by atoms with van der Waals surface area (Å²) in [7, 11) is 0. The van der Waals surface area contributed by atoms with Crippen molar-refractivity contribution in [2.45, 2.75) is 161 Å². The fourth-order valence-corrected chi connectivity index (χ4v) is 3.99. The van der Waals surface area contributed by atoms with Gasteiger partial charge in [-0.3, -0.25) is 4.79 Å². The average Bonchev–Trinajstić information content (AvgIpc) is 2.78. The van der Waals surface area contributed by atoms with Crippen LogP contribution in [0.3, 0.4) is 0 Å². The Labute approximate surface area is 200 Å². The molecule has 1 N–H and O–H groups in total. The van der Waals surface area contributed by atoms with Crippen molar-refractivity contribution in [1.82, 2.24) is 0 Å². The van der Waals surface area contributed by atoms with Crippen LogP contribution in [0.2, 0.25) is 0 Å². The third-order valence-corrected chi connectivity index (χ3v) is 6.09. The highest BCUT2D eigenvalue weighted by Crippen LogP contribution is 2.13. The van der Waals surface area contributed by atoms with E-state index in [0.717, 1.165) is 25.7 Å². The summed E-state index contributed by atoms with van der Waals surface area (Å²) in [6, 6.07) is 0. The van der Waals surface area contributed by atoms with Gasteiger partial charge in [-0.2, -0.15) is 0 Å². The normalized spacial score (nSPS) is 10.3. The highest BCUT2D eigenvalue weighted by molar-refractivity contribution is 5.66. The Hall–Kier alpha value is -1.41. The summed E-state index contributed by atoms with van der Waals surface area (Å²) in [5.74, 6) is 11.7. The fourth-order valence-electron chi connectivity index (χ4n) is 3.99. The first-order chi connectivity index (χ1) is 15.8. The second kappa shape index (κ2) is 27.6. The summed E-state index contributed by atoms with van der Waals surface area (Å²) in [6.45, 7) is 2.28. The maximum absolute atomic E-state index is 10.4. The molecule has 0 spiro atoms. The van der Waals surface area contributed by atoms with Gasteiger partial charge < -0.3 is 5.11 Å². The minimum Gasteiger partial charge on any atom is -0.481 e. The molecule has 0 aliphatic rings. The smallest absolute Gasteiger partial charge is 0.303 e. The van der Waals surface area contributed by atoms with E-state index < -0.39 is 5.97 Å². The standard InChI is InChI=1S/C30H52O2/c1-2-3-4-5-6-7-8-9-10-11-12-13-14-15-16-17-18-19-20-21-22-23-24-25-26-27-28-29-30(31)32/h2-15,20-29H2,1H3,(H,31,32). The van der Waals surface area contributed by atoms with Crippen LogP contribution in [0.25, 0.3) is 0 Å². The van der Waals surface area contributed by atoms with E-state index in [9.17, 15) is 4.79 Å². The van der Waals surface area contributed by atoms with E-state index in [2.05, 4.69) is 30.6 Å². The Balaban J connectivity index is 3.22. The number of carboxylic acids is 1. The minimum atomic E-state index is -0.671. The van der Waals surface area contributed by atoms with Gasteiger partial charge in [0.2, 0.25) is 0 Å². The molecule has 0 rings (SSSR count). The fraction of sp³-hybridized carbons (Fsp3) is 0.833. The first-order valence-corrected chi connectivity index (χ1v) is 13.9. The van der Waals surface area contributed by atoms with Crippen molar-refractivity contribution in [2.24, 2.45) is 0 Å². The molecular formula is C30H52O2. The van der Waals surface area contributed by atoms with Gasteiger partial charge in [0, 0.05) is 19.3 Å². The summed E-state index contributed by atoms with van der Waals surface area (Å²) >= 11 is 0. The van der Waals surface area contributed by atoms with Crippen LogP contribution in [0.4, 0.5) is 0 Å². The molecule has 0 atom stereocenters. The van der Waals surface area contributed by atoms with Crippen molar-refractivity contribution in [1.29, 1.82) is 0 Å². The van der Waals surface area contributed by atoms with Crippen LogP contribution in [0.5, 0.6) is 0 Å². The van der Waals surface area contributed by atoms with Gasteiger partial charge in [0.15, 0.2) is 0 Å². The zero-order valence-electron chi connectivity index (χ0n) is 21.3. The Morgan fingerprint density at radius 1 is 0.500 bits per heavy atom. The van der Waals surface area contributed by atoms with E-state index >= 15 is 0 Å². The molecule has 0 heterocycles. The molecule has 184 valence electrons. The SMILES string of the molecule is CCCCCCCCCCCCCCCC#CC#CCCCCCCCCCCC(=O)O. The lowest BCUT2D eigenvalue weighted by molar-refractivity contribution is -0.137. The first kappa shape index (κ1) is 30.6. The van der Waals surface area contributed by atoms with Crippen LogP contribution in [-0.4, -0.2) is 11.1 Å². The molecule has 0 radical (unpaired) electrons. The van der Waals surface area contributed by atoms with E-state index in [1.807, 2.05) is 0 Å². The van der Waals surface area contributed by atoms with Gasteiger partial charge in [0.25, 0.3) is 0 Å². The lowest BCUT2D eigenvalue weighted by Crippen LogP contribution is -1.93. The van der Waals surface area contributed by atoms with Crippen LogP contribution in [0.15, 0.2) is 0 Å².